The second-order valence-electron chi connectivity index (χ2n) is 8.63. The maximum absolute atomic E-state index is 13.2. The molecule has 1 aliphatic rings. The number of benzene rings is 2. The van der Waals surface area contributed by atoms with Gasteiger partial charge in [-0.2, -0.15) is 0 Å². The van der Waals surface area contributed by atoms with Gasteiger partial charge in [-0.15, -0.1) is 0 Å². The van der Waals surface area contributed by atoms with E-state index in [9.17, 15) is 22.8 Å². The average Bonchev–Trinajstić information content (AvgIpc) is 3.02. The van der Waals surface area contributed by atoms with Crippen LogP contribution in [-0.2, 0) is 26.2 Å². The van der Waals surface area contributed by atoms with Gasteiger partial charge in [-0.1, -0.05) is 42.8 Å². The molecule has 35 heavy (non-hydrogen) atoms. The molecule has 0 saturated carbocycles. The van der Waals surface area contributed by atoms with E-state index >= 15 is 0 Å². The van der Waals surface area contributed by atoms with Gasteiger partial charge in [0, 0.05) is 30.6 Å². The molecule has 2 aromatic rings. The number of fused-ring (bicyclic) bond motifs is 1. The standard InChI is InChI=1S/C25H30ClN3O5S/c1-4-17(2)27-24(31)18(3)28(16-19-9-7-10-20(26)15-19)23(30)13-8-14-29-25(32)21-11-5-6-12-22(21)35(29,33)34/h5-7,9-12,15,17-18H,4,8,13-14,16H2,1-3H3,(H,27,31)/t17-,18+/m0/s1. The van der Waals surface area contributed by atoms with Gasteiger partial charge in [0.1, 0.15) is 10.9 Å². The number of amides is 3. The van der Waals surface area contributed by atoms with Crippen molar-refractivity contribution in [2.75, 3.05) is 6.54 Å². The third-order valence-electron chi connectivity index (χ3n) is 6.07. The van der Waals surface area contributed by atoms with Crippen LogP contribution >= 0.6 is 11.6 Å². The van der Waals surface area contributed by atoms with Crippen molar-refractivity contribution in [3.63, 3.8) is 0 Å². The van der Waals surface area contributed by atoms with Crippen LogP contribution in [-0.4, -0.2) is 54.0 Å². The Balaban J connectivity index is 1.71. The zero-order valence-corrected chi connectivity index (χ0v) is 21.6. The van der Waals surface area contributed by atoms with Gasteiger partial charge in [0.25, 0.3) is 15.9 Å². The third-order valence-corrected chi connectivity index (χ3v) is 8.15. The Morgan fingerprint density at radius 3 is 2.49 bits per heavy atom. The number of nitrogens with one attached hydrogen (secondary N) is 1. The Bertz CT molecular complexity index is 1220. The summed E-state index contributed by atoms with van der Waals surface area (Å²) in [6, 6.07) is 12.3. The zero-order chi connectivity index (χ0) is 25.8. The van der Waals surface area contributed by atoms with Crippen LogP contribution in [0.25, 0.3) is 0 Å². The molecule has 0 aliphatic carbocycles. The maximum atomic E-state index is 13.2. The fraction of sp³-hybridized carbons (Fsp3) is 0.400. The molecule has 3 rings (SSSR count). The van der Waals surface area contributed by atoms with E-state index in [0.717, 1.165) is 16.3 Å². The van der Waals surface area contributed by atoms with E-state index in [0.29, 0.717) is 5.02 Å². The third kappa shape index (κ3) is 6.02. The molecule has 8 nitrogen and oxygen atoms in total. The summed E-state index contributed by atoms with van der Waals surface area (Å²) in [6.07, 6.45) is 0.849. The average molecular weight is 520 g/mol. The fourth-order valence-electron chi connectivity index (χ4n) is 3.85. The zero-order valence-electron chi connectivity index (χ0n) is 20.0. The van der Waals surface area contributed by atoms with Crippen LogP contribution in [0.1, 0.15) is 56.0 Å². The summed E-state index contributed by atoms with van der Waals surface area (Å²) in [5.74, 6) is -1.19. The Morgan fingerprint density at radius 1 is 1.11 bits per heavy atom. The van der Waals surface area contributed by atoms with Gasteiger partial charge >= 0.3 is 0 Å². The quantitative estimate of drug-likeness (QED) is 0.516. The summed E-state index contributed by atoms with van der Waals surface area (Å²) in [6.45, 7) is 5.54. The lowest BCUT2D eigenvalue weighted by Crippen LogP contribution is -2.49. The van der Waals surface area contributed by atoms with E-state index in [2.05, 4.69) is 5.32 Å². The fourth-order valence-corrected chi connectivity index (χ4v) is 5.67. The van der Waals surface area contributed by atoms with Crippen molar-refractivity contribution < 1.29 is 22.8 Å². The van der Waals surface area contributed by atoms with Crippen molar-refractivity contribution in [1.29, 1.82) is 0 Å². The molecule has 0 spiro atoms. The molecule has 3 amide bonds. The normalized spacial score (nSPS) is 15.9. The number of carbonyl (C=O) groups is 3. The molecule has 0 saturated heterocycles. The minimum absolute atomic E-state index is 0.0192. The number of hydrogen-bond acceptors (Lipinski definition) is 5. The molecule has 0 fully saturated rings. The highest BCUT2D eigenvalue weighted by Crippen LogP contribution is 2.30. The van der Waals surface area contributed by atoms with E-state index in [1.54, 1.807) is 37.3 Å². The molecule has 2 aromatic carbocycles. The van der Waals surface area contributed by atoms with Gasteiger partial charge in [0.05, 0.1) is 5.56 Å². The van der Waals surface area contributed by atoms with E-state index < -0.39 is 22.0 Å². The minimum atomic E-state index is -3.93. The highest BCUT2D eigenvalue weighted by atomic mass is 35.5. The molecule has 188 valence electrons. The summed E-state index contributed by atoms with van der Waals surface area (Å²) in [7, 11) is -3.93. The van der Waals surface area contributed by atoms with E-state index in [1.807, 2.05) is 19.9 Å². The van der Waals surface area contributed by atoms with Crippen LogP contribution in [0, 0.1) is 0 Å². The molecule has 1 heterocycles. The van der Waals surface area contributed by atoms with Crippen LogP contribution in [0.4, 0.5) is 0 Å². The molecular formula is C25H30ClN3O5S. The van der Waals surface area contributed by atoms with Gasteiger partial charge < -0.3 is 10.2 Å². The van der Waals surface area contributed by atoms with Gasteiger partial charge in [-0.3, -0.25) is 14.4 Å². The number of hydrogen-bond donors (Lipinski definition) is 1. The number of nitrogens with zero attached hydrogens (tertiary/aromatic N) is 2. The first-order valence-electron chi connectivity index (χ1n) is 11.6. The molecule has 2 atom stereocenters. The lowest BCUT2D eigenvalue weighted by molar-refractivity contribution is -0.141. The first-order chi connectivity index (χ1) is 16.6. The van der Waals surface area contributed by atoms with E-state index in [4.69, 9.17) is 11.6 Å². The van der Waals surface area contributed by atoms with Crippen LogP contribution in [0.5, 0.6) is 0 Å². The highest BCUT2D eigenvalue weighted by Gasteiger charge is 2.40. The van der Waals surface area contributed by atoms with Gasteiger partial charge in [0.2, 0.25) is 11.8 Å². The molecule has 1 N–H and O–H groups in total. The Kier molecular flexibility index (Phi) is 8.56. The SMILES string of the molecule is CC[C@H](C)NC(=O)[C@@H](C)N(Cc1cccc(Cl)c1)C(=O)CCCN1C(=O)c2ccccc2S1(=O)=O. The van der Waals surface area contributed by atoms with E-state index in [-0.39, 0.29) is 54.2 Å². The summed E-state index contributed by atoms with van der Waals surface area (Å²) >= 11 is 6.10. The van der Waals surface area contributed by atoms with Gasteiger partial charge in [0.15, 0.2) is 0 Å². The molecule has 10 heteroatoms. The summed E-state index contributed by atoms with van der Waals surface area (Å²) in [5.41, 5.74) is 0.901. The van der Waals surface area contributed by atoms with Crippen molar-refractivity contribution in [2.24, 2.45) is 0 Å². The largest absolute Gasteiger partial charge is 0.352 e. The predicted octanol–water partition coefficient (Wildman–Crippen LogP) is 3.60. The second kappa shape index (κ2) is 11.2. The van der Waals surface area contributed by atoms with Crippen LogP contribution in [0.3, 0.4) is 0 Å². The number of sulfonamides is 1. The maximum Gasteiger partial charge on any atom is 0.269 e. The number of carbonyl (C=O) groups excluding carboxylic acids is 3. The molecule has 0 aromatic heterocycles. The van der Waals surface area contributed by atoms with Gasteiger partial charge in [-0.05, 0) is 56.5 Å². The number of halogens is 1. The molecule has 0 bridgehead atoms. The molecular weight excluding hydrogens is 490 g/mol. The highest BCUT2D eigenvalue weighted by molar-refractivity contribution is 7.90. The van der Waals surface area contributed by atoms with Gasteiger partial charge in [-0.25, -0.2) is 12.7 Å². The van der Waals surface area contributed by atoms with Crippen LogP contribution < -0.4 is 5.32 Å². The van der Waals surface area contributed by atoms with Crippen LogP contribution in [0.15, 0.2) is 53.4 Å². The van der Waals surface area contributed by atoms with Crippen molar-refractivity contribution in [3.05, 3.63) is 64.7 Å². The van der Waals surface area contributed by atoms with Crippen molar-refractivity contribution in [2.45, 2.75) is 63.6 Å². The Labute approximate surface area is 211 Å². The Morgan fingerprint density at radius 2 is 1.83 bits per heavy atom. The summed E-state index contributed by atoms with van der Waals surface area (Å²) in [4.78, 5) is 40.1. The van der Waals surface area contributed by atoms with Crippen molar-refractivity contribution >= 4 is 39.3 Å². The minimum Gasteiger partial charge on any atom is -0.352 e. The Hall–Kier alpha value is -2.91. The summed E-state index contributed by atoms with van der Waals surface area (Å²) in [5, 5.41) is 3.42. The first-order valence-corrected chi connectivity index (χ1v) is 13.4. The monoisotopic (exact) mass is 519 g/mol. The lowest BCUT2D eigenvalue weighted by Gasteiger charge is -2.30. The van der Waals surface area contributed by atoms with Crippen LogP contribution in [0.2, 0.25) is 5.02 Å². The topological polar surface area (TPSA) is 104 Å². The van der Waals surface area contributed by atoms with Crippen molar-refractivity contribution in [3.8, 4) is 0 Å². The molecule has 0 unspecified atom stereocenters. The van der Waals surface area contributed by atoms with Crippen molar-refractivity contribution in [1.82, 2.24) is 14.5 Å². The number of rotatable bonds is 10. The predicted molar refractivity (Wildman–Crippen MR) is 133 cm³/mol. The smallest absolute Gasteiger partial charge is 0.269 e. The molecule has 0 radical (unpaired) electrons. The molecule has 1 aliphatic heterocycles. The first kappa shape index (κ1) is 26.7. The lowest BCUT2D eigenvalue weighted by atomic mass is 10.1. The second-order valence-corrected chi connectivity index (χ2v) is 10.9. The van der Waals surface area contributed by atoms with E-state index in [1.165, 1.54) is 17.0 Å². The summed E-state index contributed by atoms with van der Waals surface area (Å²) < 4.78 is 26.3.